The highest BCUT2D eigenvalue weighted by atomic mass is 35.5. The van der Waals surface area contributed by atoms with Crippen molar-refractivity contribution < 1.29 is 9.59 Å². The van der Waals surface area contributed by atoms with Crippen LogP contribution in [0.2, 0.25) is 5.02 Å². The number of benzene rings is 2. The Morgan fingerprint density at radius 2 is 1.93 bits per heavy atom. The molecule has 1 aromatic heterocycles. The van der Waals surface area contributed by atoms with Crippen molar-refractivity contribution in [2.24, 2.45) is 0 Å². The lowest BCUT2D eigenvalue weighted by molar-refractivity contribution is -0.113. The number of carbonyl (C=O) groups excluding carboxylic acids is 2. The molecule has 27 heavy (non-hydrogen) atoms. The number of nitrogens with one attached hydrogen (secondary N) is 1. The van der Waals surface area contributed by atoms with Crippen molar-refractivity contribution in [3.05, 3.63) is 83.7 Å². The van der Waals surface area contributed by atoms with Gasteiger partial charge in [-0.2, -0.15) is 0 Å². The maximum absolute atomic E-state index is 12.8. The molecule has 0 atom stereocenters. The number of aromatic nitrogens is 1. The molecule has 1 N–H and O–H groups in total. The highest BCUT2D eigenvalue weighted by Gasteiger charge is 2.35. The number of rotatable bonds is 4. The van der Waals surface area contributed by atoms with Crippen LogP contribution < -0.4 is 10.2 Å². The van der Waals surface area contributed by atoms with Crippen LogP contribution in [0.15, 0.2) is 73.1 Å². The number of fused-ring (bicyclic) bond motifs is 1. The van der Waals surface area contributed by atoms with Gasteiger partial charge < -0.3 is 9.88 Å². The van der Waals surface area contributed by atoms with Gasteiger partial charge in [-0.05, 0) is 30.3 Å². The lowest BCUT2D eigenvalue weighted by atomic mass is 10.1. The van der Waals surface area contributed by atoms with E-state index in [4.69, 9.17) is 11.6 Å². The zero-order chi connectivity index (χ0) is 19.0. The van der Waals surface area contributed by atoms with Crippen LogP contribution in [0.1, 0.15) is 5.56 Å². The van der Waals surface area contributed by atoms with Crippen molar-refractivity contribution in [3.63, 3.8) is 0 Å². The molecule has 5 nitrogen and oxygen atoms in total. The standard InChI is InChI=1S/C21H16ClN3O2/c1-2-10-24-13-14(17-8-3-4-9-19(17)24)11-18-20(26)25(21(27)23-18)16-7-5-6-15(22)12-16/h2-9,11-13H,1,10H2,(H,23,27)/b18-11+. The predicted molar refractivity (Wildman–Crippen MR) is 108 cm³/mol. The third-order valence-corrected chi connectivity index (χ3v) is 4.62. The van der Waals surface area contributed by atoms with Gasteiger partial charge in [-0.1, -0.05) is 41.9 Å². The van der Waals surface area contributed by atoms with Crippen LogP contribution in [0.4, 0.5) is 10.5 Å². The van der Waals surface area contributed by atoms with Crippen molar-refractivity contribution in [2.75, 3.05) is 4.90 Å². The molecule has 6 heteroatoms. The number of hydrogen-bond donors (Lipinski definition) is 1. The van der Waals surface area contributed by atoms with Crippen molar-refractivity contribution in [3.8, 4) is 0 Å². The first-order chi connectivity index (χ1) is 13.1. The molecule has 3 amide bonds. The van der Waals surface area contributed by atoms with Gasteiger partial charge >= 0.3 is 6.03 Å². The molecule has 0 unspecified atom stereocenters. The fourth-order valence-corrected chi connectivity index (χ4v) is 3.41. The maximum atomic E-state index is 12.8. The quantitative estimate of drug-likeness (QED) is 0.411. The average Bonchev–Trinajstić information content (AvgIpc) is 3.13. The number of amides is 3. The van der Waals surface area contributed by atoms with Gasteiger partial charge in [0.25, 0.3) is 5.91 Å². The molecule has 0 bridgehead atoms. The number of allylic oxidation sites excluding steroid dienone is 1. The molecule has 1 aliphatic heterocycles. The zero-order valence-electron chi connectivity index (χ0n) is 14.4. The molecule has 2 heterocycles. The summed E-state index contributed by atoms with van der Waals surface area (Å²) in [5, 5.41) is 4.10. The molecule has 3 aromatic rings. The Morgan fingerprint density at radius 1 is 1.11 bits per heavy atom. The Balaban J connectivity index is 1.75. The minimum atomic E-state index is -0.497. The summed E-state index contributed by atoms with van der Waals surface area (Å²) >= 11 is 5.99. The molecule has 1 saturated heterocycles. The minimum absolute atomic E-state index is 0.224. The van der Waals surface area contributed by atoms with Gasteiger partial charge in [0.15, 0.2) is 0 Å². The normalized spacial score (nSPS) is 15.6. The van der Waals surface area contributed by atoms with Crippen LogP contribution in [0.25, 0.3) is 17.0 Å². The number of nitrogens with zero attached hydrogens (tertiary/aromatic N) is 2. The Kier molecular flexibility index (Phi) is 4.30. The second-order valence-corrected chi connectivity index (χ2v) is 6.59. The van der Waals surface area contributed by atoms with Crippen molar-refractivity contribution in [1.82, 2.24) is 9.88 Å². The molecule has 1 aliphatic rings. The van der Waals surface area contributed by atoms with Gasteiger partial charge in [0, 0.05) is 34.2 Å². The fourth-order valence-electron chi connectivity index (χ4n) is 3.22. The summed E-state index contributed by atoms with van der Waals surface area (Å²) in [6, 6.07) is 14.0. The Labute approximate surface area is 161 Å². The van der Waals surface area contributed by atoms with E-state index in [1.165, 1.54) is 0 Å². The van der Waals surface area contributed by atoms with Crippen LogP contribution in [-0.4, -0.2) is 16.5 Å². The SMILES string of the molecule is C=CCn1cc(/C=C2/NC(=O)N(c3cccc(Cl)c3)C2=O)c2ccccc21. The molecule has 0 radical (unpaired) electrons. The Bertz CT molecular complexity index is 1110. The van der Waals surface area contributed by atoms with Gasteiger partial charge in [-0.25, -0.2) is 9.69 Å². The van der Waals surface area contributed by atoms with E-state index in [0.29, 0.717) is 17.3 Å². The van der Waals surface area contributed by atoms with Gasteiger partial charge in [0.2, 0.25) is 0 Å². The molecule has 134 valence electrons. The van der Waals surface area contributed by atoms with E-state index >= 15 is 0 Å². The highest BCUT2D eigenvalue weighted by molar-refractivity contribution is 6.32. The molecule has 2 aromatic carbocycles. The number of imide groups is 1. The van der Waals surface area contributed by atoms with E-state index in [9.17, 15) is 9.59 Å². The second-order valence-electron chi connectivity index (χ2n) is 6.15. The van der Waals surface area contributed by atoms with E-state index in [0.717, 1.165) is 21.4 Å². The Morgan fingerprint density at radius 3 is 2.70 bits per heavy atom. The highest BCUT2D eigenvalue weighted by Crippen LogP contribution is 2.27. The number of anilines is 1. The van der Waals surface area contributed by atoms with E-state index in [1.807, 2.05) is 41.1 Å². The van der Waals surface area contributed by atoms with Crippen LogP contribution in [0.3, 0.4) is 0 Å². The van der Waals surface area contributed by atoms with Crippen LogP contribution in [0.5, 0.6) is 0 Å². The summed E-state index contributed by atoms with van der Waals surface area (Å²) in [6.07, 6.45) is 5.46. The third kappa shape index (κ3) is 3.02. The van der Waals surface area contributed by atoms with Crippen LogP contribution in [-0.2, 0) is 11.3 Å². The van der Waals surface area contributed by atoms with Crippen LogP contribution >= 0.6 is 11.6 Å². The van der Waals surface area contributed by atoms with Crippen molar-refractivity contribution >= 4 is 46.2 Å². The summed E-state index contributed by atoms with van der Waals surface area (Å²) in [7, 11) is 0. The summed E-state index contributed by atoms with van der Waals surface area (Å²) in [5.41, 5.74) is 2.54. The molecule has 1 fully saturated rings. The van der Waals surface area contributed by atoms with E-state index < -0.39 is 11.9 Å². The Hall–Kier alpha value is -3.31. The van der Waals surface area contributed by atoms with Gasteiger partial charge in [0.1, 0.15) is 5.70 Å². The first-order valence-corrected chi connectivity index (χ1v) is 8.78. The third-order valence-electron chi connectivity index (χ3n) is 4.39. The molecular formula is C21H16ClN3O2. The first kappa shape index (κ1) is 17.1. The molecule has 4 rings (SSSR count). The monoisotopic (exact) mass is 377 g/mol. The van der Waals surface area contributed by atoms with E-state index in [-0.39, 0.29) is 5.70 Å². The maximum Gasteiger partial charge on any atom is 0.333 e. The molecule has 0 saturated carbocycles. The molecule has 0 aliphatic carbocycles. The minimum Gasteiger partial charge on any atom is -0.343 e. The van der Waals surface area contributed by atoms with Crippen molar-refractivity contribution in [1.29, 1.82) is 0 Å². The fraction of sp³-hybridized carbons (Fsp3) is 0.0476. The molecule has 0 spiro atoms. The average molecular weight is 378 g/mol. The van der Waals surface area contributed by atoms with E-state index in [1.54, 1.807) is 30.3 Å². The lowest BCUT2D eigenvalue weighted by Crippen LogP contribution is -2.30. The molecular weight excluding hydrogens is 362 g/mol. The zero-order valence-corrected chi connectivity index (χ0v) is 15.1. The summed E-state index contributed by atoms with van der Waals surface area (Å²) in [4.78, 5) is 26.3. The number of halogens is 1. The topological polar surface area (TPSA) is 54.3 Å². The number of para-hydroxylation sites is 1. The predicted octanol–water partition coefficient (Wildman–Crippen LogP) is 4.58. The van der Waals surface area contributed by atoms with Gasteiger partial charge in [0.05, 0.1) is 5.69 Å². The largest absolute Gasteiger partial charge is 0.343 e. The number of carbonyl (C=O) groups is 2. The second kappa shape index (κ2) is 6.78. The van der Waals surface area contributed by atoms with Gasteiger partial charge in [-0.3, -0.25) is 4.79 Å². The smallest absolute Gasteiger partial charge is 0.333 e. The summed E-state index contributed by atoms with van der Waals surface area (Å²) in [6.45, 7) is 4.43. The van der Waals surface area contributed by atoms with Crippen LogP contribution in [0, 0.1) is 0 Å². The first-order valence-electron chi connectivity index (χ1n) is 8.40. The summed E-state index contributed by atoms with van der Waals surface area (Å²) in [5.74, 6) is -0.414. The lowest BCUT2D eigenvalue weighted by Gasteiger charge is -2.11. The summed E-state index contributed by atoms with van der Waals surface area (Å²) < 4.78 is 2.05. The number of urea groups is 1. The van der Waals surface area contributed by atoms with E-state index in [2.05, 4.69) is 11.9 Å². The van der Waals surface area contributed by atoms with Gasteiger partial charge in [-0.15, -0.1) is 6.58 Å². The van der Waals surface area contributed by atoms with Crippen molar-refractivity contribution in [2.45, 2.75) is 6.54 Å². The number of hydrogen-bond acceptors (Lipinski definition) is 2.